The predicted octanol–water partition coefficient (Wildman–Crippen LogP) is 1.23. The number of aliphatic hydroxyl groups is 3. The van der Waals surface area contributed by atoms with Crippen LogP contribution in [0.15, 0.2) is 0 Å². The standard InChI is InChI=1S/C10H19F2IO3/c1-10(2,16)3-6(8(14)5-12)9(15)7(13)4-11/h6-9,14-16H,3-5H2,1-2H3. The van der Waals surface area contributed by atoms with E-state index < -0.39 is 41.0 Å². The summed E-state index contributed by atoms with van der Waals surface area (Å²) in [6.07, 6.45) is -2.55. The third-order valence-corrected chi connectivity index (χ3v) is 3.41. The van der Waals surface area contributed by atoms with Gasteiger partial charge in [-0.1, -0.05) is 22.6 Å². The fraction of sp³-hybridized carbons (Fsp3) is 1.00. The molecule has 0 amide bonds. The quantitative estimate of drug-likeness (QED) is 0.477. The lowest BCUT2D eigenvalue weighted by Crippen LogP contribution is -2.43. The van der Waals surface area contributed by atoms with Gasteiger partial charge in [0.05, 0.1) is 21.7 Å². The van der Waals surface area contributed by atoms with Crippen molar-refractivity contribution in [3.63, 3.8) is 0 Å². The summed E-state index contributed by atoms with van der Waals surface area (Å²) in [6, 6.07) is 0. The molecule has 3 N–H and O–H groups in total. The zero-order chi connectivity index (χ0) is 12.9. The molecule has 4 unspecified atom stereocenters. The van der Waals surface area contributed by atoms with Gasteiger partial charge in [0.2, 0.25) is 0 Å². The van der Waals surface area contributed by atoms with E-state index in [1.54, 1.807) is 22.6 Å². The maximum absolute atomic E-state index is 12.4. The van der Waals surface area contributed by atoms with Gasteiger partial charge in [-0.3, -0.25) is 0 Å². The summed E-state index contributed by atoms with van der Waals surface area (Å²) in [5.41, 5.74) is -1.14. The van der Waals surface area contributed by atoms with Crippen molar-refractivity contribution >= 4 is 22.6 Å². The Morgan fingerprint density at radius 1 is 1.19 bits per heavy atom. The molecule has 0 spiro atoms. The van der Waals surface area contributed by atoms with Gasteiger partial charge in [-0.2, -0.15) is 0 Å². The highest BCUT2D eigenvalue weighted by atomic mass is 127. The molecule has 0 bridgehead atoms. The van der Waals surface area contributed by atoms with E-state index in [2.05, 4.69) is 0 Å². The molecule has 4 atom stereocenters. The maximum atomic E-state index is 12.4. The second-order valence-corrected chi connectivity index (χ2v) is 6.16. The molecule has 16 heavy (non-hydrogen) atoms. The van der Waals surface area contributed by atoms with Crippen LogP contribution >= 0.6 is 22.6 Å². The summed E-state index contributed by atoms with van der Waals surface area (Å²) in [7, 11) is 0. The summed E-state index contributed by atoms with van der Waals surface area (Å²) in [5, 5.41) is 28.8. The molecule has 6 heteroatoms. The molecule has 0 aliphatic carbocycles. The molecular formula is C10H19F2IO3. The van der Waals surface area contributed by atoms with Crippen LogP contribution in [0.5, 0.6) is 0 Å². The van der Waals surface area contributed by atoms with E-state index in [1.165, 1.54) is 13.8 Å². The molecule has 0 heterocycles. The van der Waals surface area contributed by atoms with Crippen LogP contribution in [0.3, 0.4) is 0 Å². The lowest BCUT2D eigenvalue weighted by atomic mass is 9.84. The number of aliphatic hydroxyl groups excluding tert-OH is 2. The second kappa shape index (κ2) is 7.03. The third-order valence-electron chi connectivity index (χ3n) is 2.34. The highest BCUT2D eigenvalue weighted by Gasteiger charge is 2.35. The van der Waals surface area contributed by atoms with Crippen LogP contribution in [0.2, 0.25) is 0 Å². The van der Waals surface area contributed by atoms with E-state index in [9.17, 15) is 24.1 Å². The van der Waals surface area contributed by atoms with Gasteiger partial charge in [-0.15, -0.1) is 0 Å². The Morgan fingerprint density at radius 2 is 1.69 bits per heavy atom. The van der Waals surface area contributed by atoms with E-state index in [0.717, 1.165) is 0 Å². The highest BCUT2D eigenvalue weighted by Crippen LogP contribution is 2.27. The van der Waals surface area contributed by atoms with Crippen molar-refractivity contribution < 1.29 is 24.1 Å². The van der Waals surface area contributed by atoms with E-state index in [0.29, 0.717) is 0 Å². The first-order valence-electron chi connectivity index (χ1n) is 5.07. The summed E-state index contributed by atoms with van der Waals surface area (Å²) >= 11 is 1.71. The first-order valence-corrected chi connectivity index (χ1v) is 6.32. The van der Waals surface area contributed by atoms with Crippen LogP contribution in [0.4, 0.5) is 8.78 Å². The molecule has 0 aromatic heterocycles. The SMILES string of the molecule is CC(C)(O)CC(C(O)CF)C(O)C(I)CF. The van der Waals surface area contributed by atoms with Crippen LogP contribution in [-0.4, -0.2) is 50.4 Å². The second-order valence-electron chi connectivity index (χ2n) is 4.56. The molecule has 0 aromatic carbocycles. The fourth-order valence-corrected chi connectivity index (χ4v) is 2.07. The van der Waals surface area contributed by atoms with Crippen molar-refractivity contribution in [2.24, 2.45) is 5.92 Å². The minimum Gasteiger partial charge on any atom is -0.392 e. The summed E-state index contributed by atoms with van der Waals surface area (Å²) < 4.78 is 24.1. The molecule has 0 radical (unpaired) electrons. The van der Waals surface area contributed by atoms with Gasteiger partial charge >= 0.3 is 0 Å². The van der Waals surface area contributed by atoms with Gasteiger partial charge in [0.1, 0.15) is 13.3 Å². The summed E-state index contributed by atoms with van der Waals surface area (Å²) in [6.45, 7) is 1.21. The Morgan fingerprint density at radius 3 is 2.00 bits per heavy atom. The van der Waals surface area contributed by atoms with Gasteiger partial charge in [0.15, 0.2) is 0 Å². The predicted molar refractivity (Wildman–Crippen MR) is 66.2 cm³/mol. The molecule has 0 aliphatic rings. The van der Waals surface area contributed by atoms with E-state index in [1.807, 2.05) is 0 Å². The van der Waals surface area contributed by atoms with Crippen LogP contribution < -0.4 is 0 Å². The topological polar surface area (TPSA) is 60.7 Å². The van der Waals surface area contributed by atoms with Crippen molar-refractivity contribution in [3.8, 4) is 0 Å². The Kier molecular flexibility index (Phi) is 7.23. The molecule has 0 aliphatic heterocycles. The van der Waals surface area contributed by atoms with Gasteiger partial charge in [0.25, 0.3) is 0 Å². The van der Waals surface area contributed by atoms with Gasteiger partial charge in [-0.25, -0.2) is 8.78 Å². The molecule has 3 nitrogen and oxygen atoms in total. The Hall–Kier alpha value is 0.470. The molecule has 0 fully saturated rings. The smallest absolute Gasteiger partial charge is 0.116 e. The van der Waals surface area contributed by atoms with E-state index in [4.69, 9.17) is 0 Å². The van der Waals surface area contributed by atoms with Crippen LogP contribution in [-0.2, 0) is 0 Å². The molecule has 0 saturated heterocycles. The van der Waals surface area contributed by atoms with Crippen LogP contribution in [0.1, 0.15) is 20.3 Å². The molecule has 0 saturated carbocycles. The van der Waals surface area contributed by atoms with Gasteiger partial charge in [-0.05, 0) is 20.3 Å². The average Bonchev–Trinajstić information content (AvgIpc) is 2.21. The van der Waals surface area contributed by atoms with Crippen molar-refractivity contribution in [1.29, 1.82) is 0 Å². The number of hydrogen-bond donors (Lipinski definition) is 3. The van der Waals surface area contributed by atoms with Crippen molar-refractivity contribution in [2.45, 2.75) is 42.0 Å². The van der Waals surface area contributed by atoms with E-state index in [-0.39, 0.29) is 6.42 Å². The lowest BCUT2D eigenvalue weighted by molar-refractivity contribution is -0.0464. The molecule has 0 aromatic rings. The molecule has 98 valence electrons. The summed E-state index contributed by atoms with van der Waals surface area (Å²) in [5.74, 6) is -0.873. The van der Waals surface area contributed by atoms with Crippen molar-refractivity contribution in [2.75, 3.05) is 13.3 Å². The molecule has 0 rings (SSSR count). The first-order chi connectivity index (χ1) is 7.22. The zero-order valence-corrected chi connectivity index (χ0v) is 11.6. The first kappa shape index (κ1) is 16.5. The largest absolute Gasteiger partial charge is 0.392 e. The number of hydrogen-bond acceptors (Lipinski definition) is 3. The Labute approximate surface area is 108 Å². The highest BCUT2D eigenvalue weighted by molar-refractivity contribution is 14.1. The van der Waals surface area contributed by atoms with Crippen LogP contribution in [0.25, 0.3) is 0 Å². The van der Waals surface area contributed by atoms with Crippen LogP contribution in [0, 0.1) is 5.92 Å². The Balaban J connectivity index is 4.66. The third kappa shape index (κ3) is 5.70. The van der Waals surface area contributed by atoms with Gasteiger partial charge in [0, 0.05) is 5.92 Å². The lowest BCUT2D eigenvalue weighted by Gasteiger charge is -2.32. The minimum atomic E-state index is -1.38. The number of rotatable bonds is 7. The van der Waals surface area contributed by atoms with Gasteiger partial charge < -0.3 is 15.3 Å². The molecular weight excluding hydrogens is 333 g/mol. The number of halogens is 3. The monoisotopic (exact) mass is 352 g/mol. The minimum absolute atomic E-state index is 0.0127. The van der Waals surface area contributed by atoms with Crippen molar-refractivity contribution in [1.82, 2.24) is 0 Å². The zero-order valence-electron chi connectivity index (χ0n) is 9.41. The average molecular weight is 352 g/mol. The Bertz CT molecular complexity index is 199. The van der Waals surface area contributed by atoms with Crippen molar-refractivity contribution in [3.05, 3.63) is 0 Å². The number of alkyl halides is 3. The van der Waals surface area contributed by atoms with E-state index >= 15 is 0 Å². The normalized spacial score (nSPS) is 20.2. The fourth-order valence-electron chi connectivity index (χ4n) is 1.54. The maximum Gasteiger partial charge on any atom is 0.116 e. The summed E-state index contributed by atoms with van der Waals surface area (Å²) in [4.78, 5) is 0.